The predicted octanol–water partition coefficient (Wildman–Crippen LogP) is 2.91. The molecule has 21 heavy (non-hydrogen) atoms. The van der Waals surface area contributed by atoms with Crippen molar-refractivity contribution in [2.24, 2.45) is 0 Å². The molecule has 2 aromatic heterocycles. The van der Waals surface area contributed by atoms with Gasteiger partial charge >= 0.3 is 6.18 Å². The number of hydrogen-bond acceptors (Lipinski definition) is 6. The smallest absolute Gasteiger partial charge is 0.335 e. The number of fused-ring (bicyclic) bond motifs is 1. The Balaban J connectivity index is 1.77. The molecule has 10 heteroatoms. The van der Waals surface area contributed by atoms with E-state index >= 15 is 0 Å². The molecule has 2 N–H and O–H groups in total. The second kappa shape index (κ2) is 5.19. The predicted molar refractivity (Wildman–Crippen MR) is 74.4 cm³/mol. The first kappa shape index (κ1) is 14.1. The van der Waals surface area contributed by atoms with E-state index in [9.17, 15) is 13.2 Å². The summed E-state index contributed by atoms with van der Waals surface area (Å²) in [4.78, 5) is 4.39. The number of thiazole rings is 1. The lowest BCUT2D eigenvalue weighted by molar-refractivity contribution is -0.146. The van der Waals surface area contributed by atoms with Crippen molar-refractivity contribution in [3.8, 4) is 0 Å². The summed E-state index contributed by atoms with van der Waals surface area (Å²) in [6.07, 6.45) is -4.61. The normalized spacial score (nSPS) is 12.1. The van der Waals surface area contributed by atoms with Gasteiger partial charge in [-0.2, -0.15) is 13.2 Å². The standard InChI is InChI=1S/C11H8F3N5S2/c12-11(13,14)9-17-18-10(19(9)15)20-5-8-16-6-3-1-2-4-7(6)21-8/h1-4H,5,15H2. The molecule has 0 aliphatic carbocycles. The van der Waals surface area contributed by atoms with E-state index in [1.54, 1.807) is 0 Å². The molecule has 0 unspecified atom stereocenters. The molecule has 0 aliphatic rings. The molecule has 1 aromatic carbocycles. The molecule has 3 aromatic rings. The highest BCUT2D eigenvalue weighted by atomic mass is 32.2. The van der Waals surface area contributed by atoms with Crippen LogP contribution in [0.4, 0.5) is 13.2 Å². The van der Waals surface area contributed by atoms with Crippen LogP contribution in [0.3, 0.4) is 0 Å². The minimum Gasteiger partial charge on any atom is -0.335 e. The van der Waals surface area contributed by atoms with E-state index in [4.69, 9.17) is 5.84 Å². The average Bonchev–Trinajstić information content (AvgIpc) is 2.98. The number of aromatic nitrogens is 4. The fourth-order valence-electron chi connectivity index (χ4n) is 1.68. The molecule has 0 saturated heterocycles. The maximum atomic E-state index is 12.5. The summed E-state index contributed by atoms with van der Waals surface area (Å²) in [6, 6.07) is 7.61. The number of halogens is 3. The maximum Gasteiger partial charge on any atom is 0.453 e. The largest absolute Gasteiger partial charge is 0.453 e. The molecule has 2 heterocycles. The summed E-state index contributed by atoms with van der Waals surface area (Å²) in [6.45, 7) is 0. The number of thioether (sulfide) groups is 1. The van der Waals surface area contributed by atoms with Crippen LogP contribution in [0.15, 0.2) is 29.4 Å². The van der Waals surface area contributed by atoms with Gasteiger partial charge in [-0.1, -0.05) is 23.9 Å². The highest BCUT2D eigenvalue weighted by Gasteiger charge is 2.38. The Morgan fingerprint density at radius 2 is 2.00 bits per heavy atom. The lowest BCUT2D eigenvalue weighted by Gasteiger charge is -2.05. The van der Waals surface area contributed by atoms with Crippen LogP contribution < -0.4 is 5.84 Å². The molecular weight excluding hydrogens is 323 g/mol. The molecule has 0 spiro atoms. The van der Waals surface area contributed by atoms with Crippen molar-refractivity contribution >= 4 is 33.3 Å². The zero-order valence-corrected chi connectivity index (χ0v) is 12.0. The van der Waals surface area contributed by atoms with E-state index in [-0.39, 0.29) is 5.16 Å². The second-order valence-corrected chi connectivity index (χ2v) is 6.10. The summed E-state index contributed by atoms with van der Waals surface area (Å²) in [7, 11) is 0. The Labute approximate surface area is 125 Å². The van der Waals surface area contributed by atoms with Gasteiger partial charge in [0.05, 0.1) is 16.0 Å². The van der Waals surface area contributed by atoms with Crippen LogP contribution >= 0.6 is 23.1 Å². The molecule has 3 rings (SSSR count). The molecule has 0 fully saturated rings. The quantitative estimate of drug-likeness (QED) is 0.590. The van der Waals surface area contributed by atoms with Gasteiger partial charge in [-0.05, 0) is 12.1 Å². The van der Waals surface area contributed by atoms with Crippen molar-refractivity contribution in [3.05, 3.63) is 35.1 Å². The van der Waals surface area contributed by atoms with E-state index in [0.29, 0.717) is 10.4 Å². The third kappa shape index (κ3) is 2.81. The average molecular weight is 331 g/mol. The van der Waals surface area contributed by atoms with Crippen molar-refractivity contribution in [2.45, 2.75) is 17.1 Å². The summed E-state index contributed by atoms with van der Waals surface area (Å²) in [5.74, 6) is 4.53. The van der Waals surface area contributed by atoms with Gasteiger partial charge in [0, 0.05) is 0 Å². The highest BCUT2D eigenvalue weighted by molar-refractivity contribution is 7.98. The number of para-hydroxylation sites is 1. The Bertz CT molecular complexity index is 747. The van der Waals surface area contributed by atoms with Crippen LogP contribution in [0.5, 0.6) is 0 Å². The van der Waals surface area contributed by atoms with Crippen LogP contribution in [-0.2, 0) is 11.9 Å². The van der Waals surface area contributed by atoms with Gasteiger partial charge < -0.3 is 5.84 Å². The molecular formula is C11H8F3N5S2. The van der Waals surface area contributed by atoms with Crippen LogP contribution in [0, 0.1) is 0 Å². The van der Waals surface area contributed by atoms with Crippen LogP contribution in [-0.4, -0.2) is 19.9 Å². The summed E-state index contributed by atoms with van der Waals surface area (Å²) in [5, 5.41) is 7.32. The number of nitrogen functional groups attached to an aromatic ring is 1. The number of nitrogens with zero attached hydrogens (tertiary/aromatic N) is 4. The van der Waals surface area contributed by atoms with Gasteiger partial charge in [-0.3, -0.25) is 0 Å². The van der Waals surface area contributed by atoms with Crippen LogP contribution in [0.25, 0.3) is 10.2 Å². The first-order valence-electron chi connectivity index (χ1n) is 5.70. The van der Waals surface area contributed by atoms with Crippen molar-refractivity contribution in [3.63, 3.8) is 0 Å². The van der Waals surface area contributed by atoms with E-state index < -0.39 is 12.0 Å². The topological polar surface area (TPSA) is 69.6 Å². The summed E-state index contributed by atoms with van der Waals surface area (Å²) in [5.41, 5.74) is 0.864. The Morgan fingerprint density at radius 1 is 1.24 bits per heavy atom. The lowest BCUT2D eigenvalue weighted by atomic mass is 10.3. The van der Waals surface area contributed by atoms with Gasteiger partial charge in [0.25, 0.3) is 5.82 Å². The first-order valence-corrected chi connectivity index (χ1v) is 7.50. The third-order valence-corrected chi connectivity index (χ3v) is 4.75. The minimum absolute atomic E-state index is 0.00146. The SMILES string of the molecule is Nn1c(SCc2nc3ccccc3s2)nnc1C(F)(F)F. The van der Waals surface area contributed by atoms with Crippen molar-refractivity contribution in [1.82, 2.24) is 19.9 Å². The highest BCUT2D eigenvalue weighted by Crippen LogP contribution is 2.31. The molecule has 0 bridgehead atoms. The molecule has 0 aliphatic heterocycles. The van der Waals surface area contributed by atoms with Crippen molar-refractivity contribution in [1.29, 1.82) is 0 Å². The molecule has 0 amide bonds. The molecule has 0 atom stereocenters. The van der Waals surface area contributed by atoms with Gasteiger partial charge in [0.15, 0.2) is 0 Å². The van der Waals surface area contributed by atoms with Crippen LogP contribution in [0.1, 0.15) is 10.8 Å². The van der Waals surface area contributed by atoms with Crippen molar-refractivity contribution < 1.29 is 13.2 Å². The maximum absolute atomic E-state index is 12.5. The minimum atomic E-state index is -4.61. The fourth-order valence-corrected chi connectivity index (χ4v) is 3.49. The lowest BCUT2D eigenvalue weighted by Crippen LogP contribution is -2.21. The second-order valence-electron chi connectivity index (χ2n) is 4.04. The molecule has 5 nitrogen and oxygen atoms in total. The first-order chi connectivity index (χ1) is 9.95. The van der Waals surface area contributed by atoms with Gasteiger partial charge in [-0.15, -0.1) is 21.5 Å². The van der Waals surface area contributed by atoms with E-state index in [0.717, 1.165) is 27.0 Å². The zero-order valence-electron chi connectivity index (χ0n) is 10.3. The number of benzene rings is 1. The van der Waals surface area contributed by atoms with Gasteiger partial charge in [0.1, 0.15) is 5.01 Å². The number of rotatable bonds is 3. The van der Waals surface area contributed by atoms with E-state index in [1.165, 1.54) is 11.3 Å². The molecule has 0 saturated carbocycles. The van der Waals surface area contributed by atoms with E-state index in [1.807, 2.05) is 24.3 Å². The number of hydrogen-bond donors (Lipinski definition) is 1. The summed E-state index contributed by atoms with van der Waals surface area (Å²) >= 11 is 2.55. The van der Waals surface area contributed by atoms with Gasteiger partial charge in [0.2, 0.25) is 5.16 Å². The van der Waals surface area contributed by atoms with Crippen molar-refractivity contribution in [2.75, 3.05) is 5.84 Å². The van der Waals surface area contributed by atoms with E-state index in [2.05, 4.69) is 15.2 Å². The van der Waals surface area contributed by atoms with Gasteiger partial charge in [-0.25, -0.2) is 9.66 Å². The zero-order chi connectivity index (χ0) is 15.0. The summed E-state index contributed by atoms with van der Waals surface area (Å²) < 4.78 is 39.1. The Morgan fingerprint density at radius 3 is 2.67 bits per heavy atom. The fraction of sp³-hybridized carbons (Fsp3) is 0.182. The number of alkyl halides is 3. The van der Waals surface area contributed by atoms with Crippen LogP contribution in [0.2, 0.25) is 0 Å². The Hall–Kier alpha value is -1.81. The molecule has 110 valence electrons. The Kier molecular flexibility index (Phi) is 3.49. The molecule has 0 radical (unpaired) electrons. The monoisotopic (exact) mass is 331 g/mol. The number of nitrogens with two attached hydrogens (primary N) is 1. The third-order valence-electron chi connectivity index (χ3n) is 2.58.